The summed E-state index contributed by atoms with van der Waals surface area (Å²) >= 11 is 0. The molecule has 1 atom stereocenters. The Balaban J connectivity index is 2.47. The first-order valence-corrected chi connectivity index (χ1v) is 7.53. The van der Waals surface area contributed by atoms with Gasteiger partial charge in [-0.05, 0) is 26.7 Å². The zero-order valence-corrected chi connectivity index (χ0v) is 13.6. The van der Waals surface area contributed by atoms with Crippen LogP contribution in [0.2, 0.25) is 0 Å². The predicted molar refractivity (Wildman–Crippen MR) is 85.3 cm³/mol. The molecule has 0 aliphatic heterocycles. The van der Waals surface area contributed by atoms with Gasteiger partial charge in [0.2, 0.25) is 0 Å². The number of carbonyl (C=O) groups is 2. The Morgan fingerprint density at radius 1 is 1.10 bits per heavy atom. The summed E-state index contributed by atoms with van der Waals surface area (Å²) in [5.41, 5.74) is 1.36. The maximum Gasteiger partial charge on any atom is 0.173 e. The largest absolute Gasteiger partial charge is 0.294 e. The minimum Gasteiger partial charge on any atom is -0.294 e. The highest BCUT2D eigenvalue weighted by molar-refractivity contribution is 6.12. The van der Waals surface area contributed by atoms with E-state index in [1.165, 1.54) is 0 Å². The second-order valence-corrected chi connectivity index (χ2v) is 7.26. The molecule has 21 heavy (non-hydrogen) atoms. The van der Waals surface area contributed by atoms with Gasteiger partial charge in [0.25, 0.3) is 0 Å². The van der Waals surface area contributed by atoms with Crippen molar-refractivity contribution in [2.24, 2.45) is 10.8 Å². The Bertz CT molecular complexity index is 602. The minimum atomic E-state index is -0.685. The van der Waals surface area contributed by atoms with Gasteiger partial charge in [-0.3, -0.25) is 9.59 Å². The van der Waals surface area contributed by atoms with E-state index in [0.717, 1.165) is 24.0 Å². The van der Waals surface area contributed by atoms with E-state index in [2.05, 4.69) is 0 Å². The van der Waals surface area contributed by atoms with E-state index in [1.807, 2.05) is 65.0 Å². The van der Waals surface area contributed by atoms with Crippen molar-refractivity contribution >= 4 is 11.6 Å². The van der Waals surface area contributed by atoms with Crippen molar-refractivity contribution in [2.75, 3.05) is 0 Å². The molecule has 0 fully saturated rings. The Morgan fingerprint density at radius 2 is 1.67 bits per heavy atom. The van der Waals surface area contributed by atoms with Crippen molar-refractivity contribution < 1.29 is 9.59 Å². The van der Waals surface area contributed by atoms with Crippen molar-refractivity contribution in [3.8, 4) is 0 Å². The number of rotatable bonds is 3. The molecule has 1 aliphatic carbocycles. The van der Waals surface area contributed by atoms with E-state index in [9.17, 15) is 9.59 Å². The molecule has 1 aliphatic rings. The van der Waals surface area contributed by atoms with Crippen LogP contribution in [0.25, 0.3) is 0 Å². The monoisotopic (exact) mass is 284 g/mol. The number of hydrogen-bond acceptors (Lipinski definition) is 2. The molecule has 2 heteroatoms. The third kappa shape index (κ3) is 2.72. The molecule has 0 amide bonds. The number of carbonyl (C=O) groups excluding carboxylic acids is 2. The average molecular weight is 284 g/mol. The van der Waals surface area contributed by atoms with Crippen LogP contribution in [0, 0.1) is 10.8 Å². The highest BCUT2D eigenvalue weighted by atomic mass is 16.1. The second-order valence-electron chi connectivity index (χ2n) is 7.26. The highest BCUT2D eigenvalue weighted by Crippen LogP contribution is 2.47. The van der Waals surface area contributed by atoms with Gasteiger partial charge in [-0.1, -0.05) is 56.7 Å². The zero-order valence-electron chi connectivity index (χ0n) is 13.6. The summed E-state index contributed by atoms with van der Waals surface area (Å²) in [5, 5.41) is 0. The first kappa shape index (κ1) is 15.7. The number of benzene rings is 1. The Kier molecular flexibility index (Phi) is 3.92. The maximum atomic E-state index is 13.0. The lowest BCUT2D eigenvalue weighted by Crippen LogP contribution is -2.35. The summed E-state index contributed by atoms with van der Waals surface area (Å²) in [7, 11) is 0. The molecule has 2 nitrogen and oxygen atoms in total. The normalized spacial score (nSPS) is 22.5. The van der Waals surface area contributed by atoms with Crippen molar-refractivity contribution in [3.05, 3.63) is 47.0 Å². The molecule has 0 aromatic heterocycles. The Morgan fingerprint density at radius 3 is 2.19 bits per heavy atom. The van der Waals surface area contributed by atoms with E-state index in [1.54, 1.807) is 0 Å². The van der Waals surface area contributed by atoms with Gasteiger partial charge < -0.3 is 0 Å². The molecule has 0 spiro atoms. The third-order valence-electron chi connectivity index (χ3n) is 4.42. The topological polar surface area (TPSA) is 34.1 Å². The van der Waals surface area contributed by atoms with Crippen LogP contribution in [-0.2, 0) is 4.79 Å². The maximum absolute atomic E-state index is 13.0. The third-order valence-corrected chi connectivity index (χ3v) is 4.42. The molecule has 0 radical (unpaired) electrons. The molecule has 112 valence electrons. The van der Waals surface area contributed by atoms with Crippen LogP contribution in [0.4, 0.5) is 0 Å². The van der Waals surface area contributed by atoms with Gasteiger partial charge >= 0.3 is 0 Å². The van der Waals surface area contributed by atoms with E-state index < -0.39 is 10.8 Å². The fraction of sp³-hybridized carbons (Fsp3) is 0.474. The molecule has 0 saturated heterocycles. The molecule has 1 aromatic carbocycles. The summed E-state index contributed by atoms with van der Waals surface area (Å²) in [6.07, 6.45) is 1.55. The van der Waals surface area contributed by atoms with Gasteiger partial charge in [0.15, 0.2) is 11.6 Å². The minimum absolute atomic E-state index is 0.0625. The summed E-state index contributed by atoms with van der Waals surface area (Å²) in [6.45, 7) is 9.67. The standard InChI is InChI=1S/C19H24O2/c1-13-11-12-19(5,15(13)17(21)18(2,3)4)16(20)14-9-7-6-8-10-14/h6-10H,11-12H2,1-5H3. The van der Waals surface area contributed by atoms with E-state index in [0.29, 0.717) is 5.56 Å². The van der Waals surface area contributed by atoms with Crippen LogP contribution in [-0.4, -0.2) is 11.6 Å². The molecule has 0 N–H and O–H groups in total. The lowest BCUT2D eigenvalue weighted by atomic mass is 9.70. The zero-order chi connectivity index (χ0) is 15.8. The Labute approximate surface area is 127 Å². The van der Waals surface area contributed by atoms with Gasteiger partial charge in [0, 0.05) is 16.6 Å². The fourth-order valence-corrected chi connectivity index (χ4v) is 3.11. The van der Waals surface area contributed by atoms with Crippen LogP contribution in [0.15, 0.2) is 41.5 Å². The van der Waals surface area contributed by atoms with E-state index in [-0.39, 0.29) is 11.6 Å². The molecule has 1 unspecified atom stereocenters. The molecular formula is C19H24O2. The molecule has 1 aromatic rings. The summed E-state index contributed by atoms with van der Waals surface area (Å²) in [4.78, 5) is 25.8. The van der Waals surface area contributed by atoms with E-state index in [4.69, 9.17) is 0 Å². The van der Waals surface area contributed by atoms with Crippen molar-refractivity contribution in [2.45, 2.75) is 47.5 Å². The predicted octanol–water partition coefficient (Wildman–Crippen LogP) is 4.60. The van der Waals surface area contributed by atoms with E-state index >= 15 is 0 Å². The van der Waals surface area contributed by atoms with Crippen molar-refractivity contribution in [3.63, 3.8) is 0 Å². The smallest absolute Gasteiger partial charge is 0.173 e. The fourth-order valence-electron chi connectivity index (χ4n) is 3.11. The van der Waals surface area contributed by atoms with Crippen LogP contribution in [0.3, 0.4) is 0 Å². The molecule has 0 bridgehead atoms. The summed E-state index contributed by atoms with van der Waals surface area (Å²) in [6, 6.07) is 9.30. The average Bonchev–Trinajstić information content (AvgIpc) is 2.74. The summed E-state index contributed by atoms with van der Waals surface area (Å²) in [5.74, 6) is 0.164. The first-order chi connectivity index (χ1) is 9.68. The molecule has 2 rings (SSSR count). The Hall–Kier alpha value is -1.70. The van der Waals surface area contributed by atoms with Crippen LogP contribution < -0.4 is 0 Å². The SMILES string of the molecule is CC1=C(C(=O)C(C)(C)C)C(C)(C(=O)c2ccccc2)CC1. The number of hydrogen-bond donors (Lipinski definition) is 0. The van der Waals surface area contributed by atoms with Gasteiger partial charge in [0.05, 0.1) is 5.41 Å². The van der Waals surface area contributed by atoms with Gasteiger partial charge in [-0.2, -0.15) is 0 Å². The van der Waals surface area contributed by atoms with Crippen LogP contribution >= 0.6 is 0 Å². The lowest BCUT2D eigenvalue weighted by Gasteiger charge is -2.30. The molecule has 0 heterocycles. The van der Waals surface area contributed by atoms with Crippen LogP contribution in [0.5, 0.6) is 0 Å². The van der Waals surface area contributed by atoms with Gasteiger partial charge in [-0.25, -0.2) is 0 Å². The van der Waals surface area contributed by atoms with Crippen molar-refractivity contribution in [1.29, 1.82) is 0 Å². The van der Waals surface area contributed by atoms with Gasteiger partial charge in [0.1, 0.15) is 0 Å². The highest BCUT2D eigenvalue weighted by Gasteiger charge is 2.47. The number of allylic oxidation sites excluding steroid dienone is 2. The molecule has 0 saturated carbocycles. The van der Waals surface area contributed by atoms with Crippen LogP contribution in [0.1, 0.15) is 57.8 Å². The lowest BCUT2D eigenvalue weighted by molar-refractivity contribution is -0.123. The quantitative estimate of drug-likeness (QED) is 0.760. The van der Waals surface area contributed by atoms with Crippen molar-refractivity contribution in [1.82, 2.24) is 0 Å². The molecular weight excluding hydrogens is 260 g/mol. The second kappa shape index (κ2) is 5.25. The number of Topliss-reactive ketones (excluding diaryl/α,β-unsaturated/α-hetero) is 2. The summed E-state index contributed by atoms with van der Waals surface area (Å²) < 4.78 is 0. The first-order valence-electron chi connectivity index (χ1n) is 7.53. The van der Waals surface area contributed by atoms with Gasteiger partial charge in [-0.15, -0.1) is 0 Å². The number of ketones is 2.